The highest BCUT2D eigenvalue weighted by Gasteiger charge is 2.26. The number of nitrogens with one attached hydrogen (secondary N) is 1. The van der Waals surface area contributed by atoms with Crippen molar-refractivity contribution in [1.29, 1.82) is 0 Å². The third-order valence-corrected chi connectivity index (χ3v) is 4.24. The molecule has 1 N–H and O–H groups in total. The lowest BCUT2D eigenvalue weighted by Gasteiger charge is -2.33. The lowest BCUT2D eigenvalue weighted by atomic mass is 10.1. The van der Waals surface area contributed by atoms with Crippen LogP contribution in [0, 0.1) is 0 Å². The van der Waals surface area contributed by atoms with Crippen molar-refractivity contribution < 1.29 is 9.59 Å². The molecule has 20 heavy (non-hydrogen) atoms. The summed E-state index contributed by atoms with van der Waals surface area (Å²) in [5, 5.41) is 0. The van der Waals surface area contributed by atoms with Crippen LogP contribution in [0.4, 0.5) is 0 Å². The Bertz CT molecular complexity index is 584. The van der Waals surface area contributed by atoms with Crippen LogP contribution >= 0.6 is 15.9 Å². The van der Waals surface area contributed by atoms with Crippen molar-refractivity contribution in [3.63, 3.8) is 0 Å². The second-order valence-corrected chi connectivity index (χ2v) is 5.40. The van der Waals surface area contributed by atoms with E-state index < -0.39 is 0 Å². The fourth-order valence-corrected chi connectivity index (χ4v) is 2.55. The number of hydrogen-bond acceptors (Lipinski definition) is 3. The summed E-state index contributed by atoms with van der Waals surface area (Å²) in [5.74, 6) is -0.169. The van der Waals surface area contributed by atoms with Crippen LogP contribution in [0.1, 0.15) is 12.5 Å². The standard InChI is InChI=1S/C13H16BrN3O3/c1-2-16-5-6-17(8-11(16)19)10(18)7-9-3-4-15-13(20)12(9)14/h3-4H,2,5-8H2,1H3,(H,15,20). The molecule has 1 fully saturated rings. The fourth-order valence-electron chi connectivity index (χ4n) is 2.17. The van der Waals surface area contributed by atoms with Gasteiger partial charge in [-0.3, -0.25) is 14.4 Å². The third-order valence-electron chi connectivity index (χ3n) is 3.37. The molecular weight excluding hydrogens is 326 g/mol. The number of nitrogens with zero attached hydrogens (tertiary/aromatic N) is 2. The number of H-pyrrole nitrogens is 1. The van der Waals surface area contributed by atoms with E-state index >= 15 is 0 Å². The summed E-state index contributed by atoms with van der Waals surface area (Å²) in [5.41, 5.74) is 0.367. The molecule has 0 aromatic carbocycles. The first kappa shape index (κ1) is 14.8. The normalized spacial score (nSPS) is 15.6. The van der Waals surface area contributed by atoms with Crippen molar-refractivity contribution in [2.75, 3.05) is 26.2 Å². The lowest BCUT2D eigenvalue weighted by molar-refractivity contribution is -0.144. The van der Waals surface area contributed by atoms with Gasteiger partial charge in [-0.25, -0.2) is 0 Å². The van der Waals surface area contributed by atoms with Crippen molar-refractivity contribution in [3.05, 3.63) is 32.7 Å². The van der Waals surface area contributed by atoms with Crippen molar-refractivity contribution in [1.82, 2.24) is 14.8 Å². The van der Waals surface area contributed by atoms with Gasteiger partial charge in [0.1, 0.15) is 0 Å². The zero-order chi connectivity index (χ0) is 14.7. The van der Waals surface area contributed by atoms with E-state index in [1.54, 1.807) is 15.9 Å². The zero-order valence-electron chi connectivity index (χ0n) is 11.2. The van der Waals surface area contributed by atoms with Gasteiger partial charge in [-0.05, 0) is 34.5 Å². The van der Waals surface area contributed by atoms with E-state index in [0.717, 1.165) is 0 Å². The second kappa shape index (κ2) is 6.21. The average Bonchev–Trinajstić information content (AvgIpc) is 2.43. The Hall–Kier alpha value is -1.63. The Kier molecular flexibility index (Phi) is 4.59. The lowest BCUT2D eigenvalue weighted by Crippen LogP contribution is -2.52. The molecule has 0 saturated carbocycles. The molecule has 2 amide bonds. The fraction of sp³-hybridized carbons (Fsp3) is 0.462. The van der Waals surface area contributed by atoms with Gasteiger partial charge in [0.15, 0.2) is 0 Å². The number of piperazine rings is 1. The Morgan fingerprint density at radius 1 is 1.40 bits per heavy atom. The maximum atomic E-state index is 12.2. The number of aromatic nitrogens is 1. The van der Waals surface area contributed by atoms with Gasteiger partial charge < -0.3 is 14.8 Å². The maximum Gasteiger partial charge on any atom is 0.262 e. The topological polar surface area (TPSA) is 73.5 Å². The monoisotopic (exact) mass is 341 g/mol. The summed E-state index contributed by atoms with van der Waals surface area (Å²) < 4.78 is 0.367. The molecule has 0 atom stereocenters. The summed E-state index contributed by atoms with van der Waals surface area (Å²) in [7, 11) is 0. The van der Waals surface area contributed by atoms with E-state index in [1.807, 2.05) is 6.92 Å². The number of carbonyl (C=O) groups excluding carboxylic acids is 2. The highest BCUT2D eigenvalue weighted by atomic mass is 79.9. The minimum atomic E-state index is -0.262. The molecule has 1 aliphatic heterocycles. The van der Waals surface area contributed by atoms with Gasteiger partial charge in [-0.15, -0.1) is 0 Å². The minimum absolute atomic E-state index is 0.0305. The number of rotatable bonds is 3. The smallest absolute Gasteiger partial charge is 0.262 e. The van der Waals surface area contributed by atoms with Gasteiger partial charge in [-0.1, -0.05) is 0 Å². The predicted octanol–water partition coefficient (Wildman–Crippen LogP) is 0.371. The Morgan fingerprint density at radius 3 is 2.80 bits per heavy atom. The molecule has 0 unspecified atom stereocenters. The number of aromatic amines is 1. The van der Waals surface area contributed by atoms with Gasteiger partial charge in [0.25, 0.3) is 5.56 Å². The maximum absolute atomic E-state index is 12.2. The van der Waals surface area contributed by atoms with E-state index in [4.69, 9.17) is 0 Å². The summed E-state index contributed by atoms with van der Waals surface area (Å²) in [6.07, 6.45) is 1.62. The van der Waals surface area contributed by atoms with E-state index in [9.17, 15) is 14.4 Å². The van der Waals surface area contributed by atoms with Crippen molar-refractivity contribution >= 4 is 27.7 Å². The molecule has 2 heterocycles. The number of pyridine rings is 1. The number of amides is 2. The van der Waals surface area contributed by atoms with Gasteiger partial charge in [0.05, 0.1) is 17.4 Å². The largest absolute Gasteiger partial charge is 0.340 e. The van der Waals surface area contributed by atoms with Crippen LogP contribution in [0.3, 0.4) is 0 Å². The first-order chi connectivity index (χ1) is 9.52. The Balaban J connectivity index is 2.04. The predicted molar refractivity (Wildman–Crippen MR) is 77.3 cm³/mol. The molecule has 1 saturated heterocycles. The van der Waals surface area contributed by atoms with Crippen LogP contribution in [0.2, 0.25) is 0 Å². The van der Waals surface area contributed by atoms with Gasteiger partial charge in [0.2, 0.25) is 11.8 Å². The Morgan fingerprint density at radius 2 is 2.15 bits per heavy atom. The number of halogens is 1. The van der Waals surface area contributed by atoms with Crippen molar-refractivity contribution in [2.24, 2.45) is 0 Å². The SMILES string of the molecule is CCN1CCN(C(=O)Cc2cc[nH]c(=O)c2Br)CC1=O. The number of hydrogen-bond donors (Lipinski definition) is 1. The molecule has 0 bridgehead atoms. The number of likely N-dealkylation sites (N-methyl/N-ethyl adjacent to an activating group) is 1. The van der Waals surface area contributed by atoms with Crippen LogP contribution in [0.25, 0.3) is 0 Å². The highest BCUT2D eigenvalue weighted by molar-refractivity contribution is 9.10. The molecule has 0 radical (unpaired) electrons. The van der Waals surface area contributed by atoms with Crippen LogP contribution in [0.5, 0.6) is 0 Å². The molecule has 1 aromatic heterocycles. The first-order valence-electron chi connectivity index (χ1n) is 6.44. The second-order valence-electron chi connectivity index (χ2n) is 4.61. The van der Waals surface area contributed by atoms with Crippen LogP contribution < -0.4 is 5.56 Å². The molecule has 108 valence electrons. The minimum Gasteiger partial charge on any atom is -0.340 e. The van der Waals surface area contributed by atoms with Crippen molar-refractivity contribution in [3.8, 4) is 0 Å². The van der Waals surface area contributed by atoms with Crippen LogP contribution in [-0.2, 0) is 16.0 Å². The molecule has 2 rings (SSSR count). The summed E-state index contributed by atoms with van der Waals surface area (Å²) in [6, 6.07) is 1.69. The van der Waals surface area contributed by atoms with E-state index in [2.05, 4.69) is 20.9 Å². The van der Waals surface area contributed by atoms with Gasteiger partial charge in [0, 0.05) is 25.8 Å². The zero-order valence-corrected chi connectivity index (χ0v) is 12.8. The third kappa shape index (κ3) is 3.09. The molecule has 0 aliphatic carbocycles. The molecule has 6 nitrogen and oxygen atoms in total. The van der Waals surface area contributed by atoms with E-state index in [1.165, 1.54) is 6.20 Å². The number of carbonyl (C=O) groups is 2. The molecule has 0 spiro atoms. The molecule has 1 aromatic rings. The quantitative estimate of drug-likeness (QED) is 0.863. The summed E-state index contributed by atoms with van der Waals surface area (Å²) >= 11 is 3.18. The molecule has 1 aliphatic rings. The molecule has 7 heteroatoms. The van der Waals surface area contributed by atoms with Crippen molar-refractivity contribution in [2.45, 2.75) is 13.3 Å². The van der Waals surface area contributed by atoms with Gasteiger partial charge >= 0.3 is 0 Å². The highest BCUT2D eigenvalue weighted by Crippen LogP contribution is 2.13. The average molecular weight is 342 g/mol. The summed E-state index contributed by atoms with van der Waals surface area (Å²) in [6.45, 7) is 3.81. The molecular formula is C13H16BrN3O3. The van der Waals surface area contributed by atoms with E-state index in [-0.39, 0.29) is 30.3 Å². The van der Waals surface area contributed by atoms with Gasteiger partial charge in [-0.2, -0.15) is 0 Å². The first-order valence-corrected chi connectivity index (χ1v) is 7.23. The summed E-state index contributed by atoms with van der Waals surface area (Å²) in [4.78, 5) is 41.2. The van der Waals surface area contributed by atoms with E-state index in [0.29, 0.717) is 29.7 Å². The van der Waals surface area contributed by atoms with Crippen LogP contribution in [0.15, 0.2) is 21.5 Å². The van der Waals surface area contributed by atoms with Crippen LogP contribution in [-0.4, -0.2) is 52.8 Å². The Labute approximate surface area is 124 Å².